The van der Waals surface area contributed by atoms with Gasteiger partial charge in [0, 0.05) is 6.54 Å². The highest BCUT2D eigenvalue weighted by molar-refractivity contribution is 7.47. The largest absolute Gasteiger partial charge is 0.472 e. The van der Waals surface area contributed by atoms with Crippen LogP contribution in [-0.4, -0.2) is 59.0 Å². The van der Waals surface area contributed by atoms with Crippen LogP contribution in [-0.2, 0) is 18.4 Å². The lowest BCUT2D eigenvalue weighted by atomic mass is 10.0. The summed E-state index contributed by atoms with van der Waals surface area (Å²) >= 11 is 0. The summed E-state index contributed by atoms with van der Waals surface area (Å²) in [5.41, 5.74) is 5.36. The van der Waals surface area contributed by atoms with Gasteiger partial charge >= 0.3 is 7.82 Å². The first-order chi connectivity index (χ1) is 24.3. The Kier molecular flexibility index (Phi) is 36.0. The third-order valence-corrected chi connectivity index (χ3v) is 10.4. The van der Waals surface area contributed by atoms with Crippen molar-refractivity contribution in [2.45, 2.75) is 218 Å². The molecule has 0 aromatic heterocycles. The van der Waals surface area contributed by atoms with Crippen LogP contribution in [0.3, 0.4) is 0 Å². The lowest BCUT2D eigenvalue weighted by molar-refractivity contribution is -0.125. The normalized spacial score (nSPS) is 14.9. The Bertz CT molecular complexity index is 817. The number of unbranched alkanes of at least 4 members (excludes halogenated alkanes) is 23. The maximum absolute atomic E-state index is 12.8. The first-order valence-corrected chi connectivity index (χ1v) is 22.4. The molecule has 6 N–H and O–H groups in total. The van der Waals surface area contributed by atoms with Crippen LogP contribution in [0.4, 0.5) is 0 Å². The molecule has 4 unspecified atom stereocenters. The second-order valence-electron chi connectivity index (χ2n) is 14.4. The first-order valence-electron chi connectivity index (χ1n) is 20.9. The summed E-state index contributed by atoms with van der Waals surface area (Å²) in [6, 6.07) is -0.894. The molecule has 298 valence electrons. The molecule has 4 atom stereocenters. The smallest absolute Gasteiger partial charge is 0.393 e. The van der Waals surface area contributed by atoms with E-state index in [1.165, 1.54) is 122 Å². The summed E-state index contributed by atoms with van der Waals surface area (Å²) in [6.07, 6.45) is 35.4. The molecule has 0 aromatic rings. The van der Waals surface area contributed by atoms with Crippen LogP contribution in [0.2, 0.25) is 0 Å². The van der Waals surface area contributed by atoms with Crippen molar-refractivity contribution in [1.82, 2.24) is 5.32 Å². The number of carbonyl (C=O) groups excluding carboxylic acids is 1. The SMILES string of the molecule is CCCCCCCCCC/C=C\CCCCCCCC(O)CC(=O)NC(COP(=O)(O)OCCN)C(O)CCCCCCCCCCCCC. The molecule has 0 saturated carbocycles. The van der Waals surface area contributed by atoms with E-state index in [0.29, 0.717) is 12.8 Å². The topological polar surface area (TPSA) is 151 Å². The van der Waals surface area contributed by atoms with Gasteiger partial charge in [0.05, 0.1) is 37.9 Å². The van der Waals surface area contributed by atoms with E-state index in [1.54, 1.807) is 0 Å². The number of aliphatic hydroxyl groups is 2. The molecular formula is C40H81N2O7P. The number of amides is 1. The minimum absolute atomic E-state index is 0.0598. The number of hydrogen-bond acceptors (Lipinski definition) is 7. The number of carbonyl (C=O) groups is 1. The molecule has 1 amide bonds. The van der Waals surface area contributed by atoms with Gasteiger partial charge in [0.15, 0.2) is 0 Å². The van der Waals surface area contributed by atoms with Crippen molar-refractivity contribution in [3.8, 4) is 0 Å². The van der Waals surface area contributed by atoms with Gasteiger partial charge in [0.1, 0.15) is 0 Å². The Morgan fingerprint density at radius 2 is 1.08 bits per heavy atom. The highest BCUT2D eigenvalue weighted by Crippen LogP contribution is 2.43. The number of nitrogens with two attached hydrogens (primary N) is 1. The van der Waals surface area contributed by atoms with E-state index >= 15 is 0 Å². The fourth-order valence-corrected chi connectivity index (χ4v) is 6.99. The Labute approximate surface area is 307 Å². The molecule has 0 aliphatic heterocycles. The summed E-state index contributed by atoms with van der Waals surface area (Å²) in [5.74, 6) is -0.418. The zero-order valence-corrected chi connectivity index (χ0v) is 33.4. The van der Waals surface area contributed by atoms with Crippen molar-refractivity contribution >= 4 is 13.7 Å². The second-order valence-corrected chi connectivity index (χ2v) is 15.8. The van der Waals surface area contributed by atoms with Gasteiger partial charge in [-0.1, -0.05) is 167 Å². The van der Waals surface area contributed by atoms with Gasteiger partial charge in [0.2, 0.25) is 5.91 Å². The van der Waals surface area contributed by atoms with Gasteiger partial charge in [0.25, 0.3) is 0 Å². The van der Waals surface area contributed by atoms with E-state index < -0.39 is 32.0 Å². The van der Waals surface area contributed by atoms with E-state index in [2.05, 4.69) is 31.3 Å². The number of nitrogens with one attached hydrogen (secondary N) is 1. The summed E-state index contributed by atoms with van der Waals surface area (Å²) in [6.45, 7) is 4.03. The quantitative estimate of drug-likeness (QED) is 0.0238. The molecular weight excluding hydrogens is 651 g/mol. The average molecular weight is 733 g/mol. The predicted molar refractivity (Wildman–Crippen MR) is 209 cm³/mol. The molecule has 0 aliphatic carbocycles. The third-order valence-electron chi connectivity index (χ3n) is 9.42. The van der Waals surface area contributed by atoms with Gasteiger partial charge < -0.3 is 26.2 Å². The third kappa shape index (κ3) is 34.3. The first kappa shape index (κ1) is 49.2. The standard InChI is InChI=1S/C40H81N2O7P/c1-3-5-7-9-11-13-15-16-17-18-19-20-22-23-25-27-29-31-37(43)35-40(45)42-38(36-49-50(46,47)48-34-33-41)39(44)32-30-28-26-24-21-14-12-10-8-6-4-2/h18-19,37-39,43-44H,3-17,20-36,41H2,1-2H3,(H,42,45)(H,46,47)/b19-18-. The summed E-state index contributed by atoms with van der Waals surface area (Å²) in [5, 5.41) is 24.1. The van der Waals surface area contributed by atoms with Gasteiger partial charge in [-0.3, -0.25) is 13.8 Å². The number of aliphatic hydroxyl groups excluding tert-OH is 2. The van der Waals surface area contributed by atoms with E-state index in [-0.39, 0.29) is 26.2 Å². The second kappa shape index (κ2) is 36.6. The fraction of sp³-hybridized carbons (Fsp3) is 0.925. The van der Waals surface area contributed by atoms with Crippen molar-refractivity contribution in [3.05, 3.63) is 12.2 Å². The minimum atomic E-state index is -4.37. The van der Waals surface area contributed by atoms with Gasteiger partial charge in [-0.05, 0) is 38.5 Å². The van der Waals surface area contributed by atoms with Gasteiger partial charge in [-0.25, -0.2) is 4.57 Å². The minimum Gasteiger partial charge on any atom is -0.393 e. The monoisotopic (exact) mass is 733 g/mol. The fourth-order valence-electron chi connectivity index (χ4n) is 6.23. The molecule has 0 saturated heterocycles. The zero-order chi connectivity index (χ0) is 37.0. The number of allylic oxidation sites excluding steroid dienone is 2. The summed E-state index contributed by atoms with van der Waals surface area (Å²) in [4.78, 5) is 22.7. The highest BCUT2D eigenvalue weighted by Gasteiger charge is 2.28. The molecule has 0 heterocycles. The van der Waals surface area contributed by atoms with Gasteiger partial charge in [-0.2, -0.15) is 0 Å². The zero-order valence-electron chi connectivity index (χ0n) is 32.5. The van der Waals surface area contributed by atoms with Crippen LogP contribution in [0, 0.1) is 0 Å². The predicted octanol–water partition coefficient (Wildman–Crippen LogP) is 10.2. The molecule has 0 radical (unpaired) electrons. The Morgan fingerprint density at radius 1 is 0.660 bits per heavy atom. The highest BCUT2D eigenvalue weighted by atomic mass is 31.2. The maximum Gasteiger partial charge on any atom is 0.472 e. The molecule has 0 bridgehead atoms. The molecule has 0 rings (SSSR count). The lowest BCUT2D eigenvalue weighted by Crippen LogP contribution is -2.47. The van der Waals surface area contributed by atoms with Crippen molar-refractivity contribution in [3.63, 3.8) is 0 Å². The van der Waals surface area contributed by atoms with Crippen molar-refractivity contribution in [2.75, 3.05) is 19.8 Å². The van der Waals surface area contributed by atoms with Crippen LogP contribution < -0.4 is 11.1 Å². The van der Waals surface area contributed by atoms with Crippen molar-refractivity contribution in [1.29, 1.82) is 0 Å². The number of phosphoric acid groups is 1. The lowest BCUT2D eigenvalue weighted by Gasteiger charge is -2.25. The van der Waals surface area contributed by atoms with Crippen LogP contribution >= 0.6 is 7.82 Å². The van der Waals surface area contributed by atoms with Crippen molar-refractivity contribution < 1.29 is 33.5 Å². The molecule has 10 heteroatoms. The van der Waals surface area contributed by atoms with E-state index in [0.717, 1.165) is 44.9 Å². The number of phosphoric ester groups is 1. The Balaban J connectivity index is 4.26. The Morgan fingerprint density at radius 3 is 1.54 bits per heavy atom. The van der Waals surface area contributed by atoms with Crippen LogP contribution in [0.25, 0.3) is 0 Å². The summed E-state index contributed by atoms with van der Waals surface area (Å²) in [7, 11) is -4.37. The molecule has 0 aliphatic rings. The average Bonchev–Trinajstić information content (AvgIpc) is 3.09. The molecule has 50 heavy (non-hydrogen) atoms. The van der Waals surface area contributed by atoms with Crippen LogP contribution in [0.15, 0.2) is 12.2 Å². The number of hydrogen-bond donors (Lipinski definition) is 5. The van der Waals surface area contributed by atoms with Gasteiger partial charge in [-0.15, -0.1) is 0 Å². The maximum atomic E-state index is 12.8. The van der Waals surface area contributed by atoms with E-state index in [9.17, 15) is 24.5 Å². The molecule has 0 spiro atoms. The Hall–Kier alpha value is -0.800. The van der Waals surface area contributed by atoms with Crippen LogP contribution in [0.1, 0.15) is 200 Å². The van der Waals surface area contributed by atoms with E-state index in [4.69, 9.17) is 14.8 Å². The van der Waals surface area contributed by atoms with E-state index in [1.807, 2.05) is 0 Å². The number of rotatable bonds is 39. The van der Waals surface area contributed by atoms with Crippen LogP contribution in [0.5, 0.6) is 0 Å². The van der Waals surface area contributed by atoms with Crippen molar-refractivity contribution in [2.24, 2.45) is 5.73 Å². The summed E-state index contributed by atoms with van der Waals surface area (Å²) < 4.78 is 22.1. The molecule has 9 nitrogen and oxygen atoms in total. The molecule has 0 aromatic carbocycles. The molecule has 0 fully saturated rings.